The summed E-state index contributed by atoms with van der Waals surface area (Å²) in [6.45, 7) is 4.76. The Morgan fingerprint density at radius 3 is 2.84 bits per heavy atom. The molecule has 0 bridgehead atoms. The van der Waals surface area contributed by atoms with Crippen molar-refractivity contribution in [3.63, 3.8) is 0 Å². The van der Waals surface area contributed by atoms with Crippen LogP contribution < -0.4 is 5.73 Å². The van der Waals surface area contributed by atoms with Crippen molar-refractivity contribution in [1.29, 1.82) is 0 Å². The Balaban J connectivity index is 2.10. The lowest BCUT2D eigenvalue weighted by molar-refractivity contribution is 0.801. The Morgan fingerprint density at radius 2 is 2.05 bits per heavy atom. The summed E-state index contributed by atoms with van der Waals surface area (Å²) in [5.74, 6) is 0.533. The summed E-state index contributed by atoms with van der Waals surface area (Å²) in [6, 6.07) is 10.2. The van der Waals surface area contributed by atoms with Gasteiger partial charge in [-0.1, -0.05) is 12.1 Å². The van der Waals surface area contributed by atoms with E-state index in [0.717, 1.165) is 22.3 Å². The second-order valence-electron chi connectivity index (χ2n) is 4.82. The number of nitrogens with zero attached hydrogens (tertiary/aromatic N) is 3. The summed E-state index contributed by atoms with van der Waals surface area (Å²) in [7, 11) is 0. The molecule has 3 rings (SSSR count). The first kappa shape index (κ1) is 11.7. The Hall–Kier alpha value is -2.36. The first-order valence-corrected chi connectivity index (χ1v) is 6.28. The smallest absolute Gasteiger partial charge is 0.201 e. The van der Waals surface area contributed by atoms with Crippen LogP contribution >= 0.6 is 0 Å². The number of aryl methyl sites for hydroxylation is 2. The molecule has 0 atom stereocenters. The maximum Gasteiger partial charge on any atom is 0.201 e. The predicted octanol–water partition coefficient (Wildman–Crippen LogP) is 2.68. The van der Waals surface area contributed by atoms with Gasteiger partial charge in [0.05, 0.1) is 23.3 Å². The SMILES string of the molecule is Cc1ccc2c(c1)nc(N)n2Cc1ncccc1C. The summed E-state index contributed by atoms with van der Waals surface area (Å²) >= 11 is 0. The van der Waals surface area contributed by atoms with E-state index >= 15 is 0 Å². The van der Waals surface area contributed by atoms with E-state index < -0.39 is 0 Å². The molecule has 0 unspecified atom stereocenters. The number of hydrogen-bond donors (Lipinski definition) is 1. The van der Waals surface area contributed by atoms with Gasteiger partial charge in [-0.3, -0.25) is 4.98 Å². The third-order valence-corrected chi connectivity index (χ3v) is 3.36. The lowest BCUT2D eigenvalue weighted by Gasteiger charge is -2.08. The van der Waals surface area contributed by atoms with Gasteiger partial charge in [0.25, 0.3) is 0 Å². The summed E-state index contributed by atoms with van der Waals surface area (Å²) in [5, 5.41) is 0. The minimum absolute atomic E-state index is 0.533. The molecule has 19 heavy (non-hydrogen) atoms. The average molecular weight is 252 g/mol. The molecule has 0 aliphatic rings. The lowest BCUT2D eigenvalue weighted by atomic mass is 10.2. The van der Waals surface area contributed by atoms with Gasteiger partial charge in [-0.05, 0) is 43.2 Å². The quantitative estimate of drug-likeness (QED) is 0.763. The fourth-order valence-electron chi connectivity index (χ4n) is 2.26. The van der Waals surface area contributed by atoms with Crippen molar-refractivity contribution in [3.05, 3.63) is 53.3 Å². The van der Waals surface area contributed by atoms with Gasteiger partial charge in [-0.25, -0.2) is 4.98 Å². The molecule has 0 spiro atoms. The van der Waals surface area contributed by atoms with Crippen LogP contribution in [0.1, 0.15) is 16.8 Å². The number of rotatable bonds is 2. The van der Waals surface area contributed by atoms with Crippen LogP contribution in [0.5, 0.6) is 0 Å². The molecule has 0 saturated carbocycles. The van der Waals surface area contributed by atoms with Crippen LogP contribution in [0.3, 0.4) is 0 Å². The van der Waals surface area contributed by atoms with E-state index in [1.54, 1.807) is 0 Å². The highest BCUT2D eigenvalue weighted by Crippen LogP contribution is 2.20. The zero-order valence-electron chi connectivity index (χ0n) is 11.1. The topological polar surface area (TPSA) is 56.7 Å². The van der Waals surface area contributed by atoms with E-state index in [9.17, 15) is 0 Å². The van der Waals surface area contributed by atoms with Crippen LogP contribution in [0.25, 0.3) is 11.0 Å². The van der Waals surface area contributed by atoms with Gasteiger partial charge in [0.15, 0.2) is 0 Å². The van der Waals surface area contributed by atoms with Crippen molar-refractivity contribution < 1.29 is 0 Å². The summed E-state index contributed by atoms with van der Waals surface area (Å²) < 4.78 is 2.00. The zero-order chi connectivity index (χ0) is 13.4. The molecule has 2 N–H and O–H groups in total. The van der Waals surface area contributed by atoms with E-state index in [-0.39, 0.29) is 0 Å². The highest BCUT2D eigenvalue weighted by Gasteiger charge is 2.10. The van der Waals surface area contributed by atoms with Crippen LogP contribution in [0, 0.1) is 13.8 Å². The summed E-state index contributed by atoms with van der Waals surface area (Å²) in [5.41, 5.74) is 11.4. The summed E-state index contributed by atoms with van der Waals surface area (Å²) in [4.78, 5) is 8.83. The number of anilines is 1. The molecule has 2 aromatic heterocycles. The second-order valence-corrected chi connectivity index (χ2v) is 4.82. The van der Waals surface area contributed by atoms with Crippen LogP contribution in [0.4, 0.5) is 5.95 Å². The minimum atomic E-state index is 0.533. The fraction of sp³-hybridized carbons (Fsp3) is 0.200. The number of benzene rings is 1. The molecule has 0 amide bonds. The van der Waals surface area contributed by atoms with Gasteiger partial charge in [0, 0.05) is 6.20 Å². The number of fused-ring (bicyclic) bond motifs is 1. The number of nitrogen functional groups attached to an aromatic ring is 1. The van der Waals surface area contributed by atoms with E-state index in [1.165, 1.54) is 5.56 Å². The highest BCUT2D eigenvalue weighted by molar-refractivity contribution is 5.79. The first-order valence-electron chi connectivity index (χ1n) is 6.28. The Labute approximate surface area is 111 Å². The third-order valence-electron chi connectivity index (χ3n) is 3.36. The van der Waals surface area contributed by atoms with Gasteiger partial charge in [0.1, 0.15) is 0 Å². The molecule has 0 aliphatic carbocycles. The first-order chi connectivity index (χ1) is 9.15. The predicted molar refractivity (Wildman–Crippen MR) is 77.0 cm³/mol. The molecule has 0 fully saturated rings. The molecular weight excluding hydrogens is 236 g/mol. The average Bonchev–Trinajstić information content (AvgIpc) is 2.68. The molecule has 3 aromatic rings. The number of nitrogens with two attached hydrogens (primary N) is 1. The number of hydrogen-bond acceptors (Lipinski definition) is 3. The van der Waals surface area contributed by atoms with Crippen LogP contribution in [0.2, 0.25) is 0 Å². The van der Waals surface area contributed by atoms with E-state index in [0.29, 0.717) is 12.5 Å². The molecular formula is C15H16N4. The monoisotopic (exact) mass is 252 g/mol. The maximum absolute atomic E-state index is 6.03. The Bertz CT molecular complexity index is 743. The van der Waals surface area contributed by atoms with Gasteiger partial charge in [-0.2, -0.15) is 0 Å². The fourth-order valence-corrected chi connectivity index (χ4v) is 2.26. The lowest BCUT2D eigenvalue weighted by Crippen LogP contribution is -2.07. The number of pyridine rings is 1. The van der Waals surface area contributed by atoms with E-state index in [2.05, 4.69) is 42.0 Å². The molecule has 2 heterocycles. The number of imidazole rings is 1. The largest absolute Gasteiger partial charge is 0.369 e. The highest BCUT2D eigenvalue weighted by atomic mass is 15.2. The van der Waals surface area contributed by atoms with E-state index in [4.69, 9.17) is 5.73 Å². The van der Waals surface area contributed by atoms with E-state index in [1.807, 2.05) is 22.9 Å². The standard InChI is InChI=1S/C15H16N4/c1-10-5-6-14-12(8-10)18-15(16)19(14)9-13-11(2)4-3-7-17-13/h3-8H,9H2,1-2H3,(H2,16,18). The normalized spacial score (nSPS) is 11.1. The van der Waals surface area contributed by atoms with Gasteiger partial charge < -0.3 is 10.3 Å². The molecule has 4 heteroatoms. The molecule has 0 saturated heterocycles. The van der Waals surface area contributed by atoms with Gasteiger partial charge >= 0.3 is 0 Å². The number of aromatic nitrogens is 3. The van der Waals surface area contributed by atoms with Crippen molar-refractivity contribution >= 4 is 17.0 Å². The van der Waals surface area contributed by atoms with Crippen LogP contribution in [0.15, 0.2) is 36.5 Å². The molecule has 0 aliphatic heterocycles. The van der Waals surface area contributed by atoms with Crippen LogP contribution in [-0.2, 0) is 6.54 Å². The molecule has 1 aromatic carbocycles. The van der Waals surface area contributed by atoms with Crippen LogP contribution in [-0.4, -0.2) is 14.5 Å². The van der Waals surface area contributed by atoms with Crippen molar-refractivity contribution in [1.82, 2.24) is 14.5 Å². The minimum Gasteiger partial charge on any atom is -0.369 e. The van der Waals surface area contributed by atoms with Crippen molar-refractivity contribution in [3.8, 4) is 0 Å². The molecule has 0 radical (unpaired) electrons. The third kappa shape index (κ3) is 2.05. The van der Waals surface area contributed by atoms with Crippen molar-refractivity contribution in [2.75, 3.05) is 5.73 Å². The molecule has 4 nitrogen and oxygen atoms in total. The van der Waals surface area contributed by atoms with Crippen molar-refractivity contribution in [2.24, 2.45) is 0 Å². The summed E-state index contributed by atoms with van der Waals surface area (Å²) in [6.07, 6.45) is 1.81. The van der Waals surface area contributed by atoms with Crippen molar-refractivity contribution in [2.45, 2.75) is 20.4 Å². The second kappa shape index (κ2) is 4.39. The Kier molecular flexibility index (Phi) is 2.71. The Morgan fingerprint density at radius 1 is 1.21 bits per heavy atom. The van der Waals surface area contributed by atoms with Gasteiger partial charge in [0.2, 0.25) is 5.95 Å². The molecule has 96 valence electrons. The maximum atomic E-state index is 6.03. The van der Waals surface area contributed by atoms with Gasteiger partial charge in [-0.15, -0.1) is 0 Å². The zero-order valence-corrected chi connectivity index (χ0v) is 11.1.